The first-order valence-corrected chi connectivity index (χ1v) is 8.74. The first-order valence-electron chi connectivity index (χ1n) is 7.86. The van der Waals surface area contributed by atoms with E-state index in [4.69, 9.17) is 9.15 Å². The highest BCUT2D eigenvalue weighted by atomic mass is 32.1. The zero-order valence-electron chi connectivity index (χ0n) is 13.9. The van der Waals surface area contributed by atoms with E-state index in [-0.39, 0.29) is 12.0 Å². The number of rotatable bonds is 7. The Morgan fingerprint density at radius 3 is 2.92 bits per heavy atom. The fourth-order valence-corrected chi connectivity index (χ4v) is 3.75. The number of hydrogen-bond donors (Lipinski definition) is 1. The lowest BCUT2D eigenvalue weighted by Crippen LogP contribution is -2.33. The topological polar surface area (TPSA) is 94.6 Å². The van der Waals surface area contributed by atoms with Crippen LogP contribution in [-0.2, 0) is 16.0 Å². The molecule has 3 heterocycles. The monoisotopic (exact) mass is 362 g/mol. The summed E-state index contributed by atoms with van der Waals surface area (Å²) < 4.78 is 11.8. The Morgan fingerprint density at radius 1 is 1.52 bits per heavy atom. The Bertz CT molecular complexity index is 942. The van der Waals surface area contributed by atoms with Crippen molar-refractivity contribution in [2.45, 2.75) is 25.8 Å². The number of furan rings is 1. The summed E-state index contributed by atoms with van der Waals surface area (Å²) in [5.41, 5.74) is 0.271. The van der Waals surface area contributed by atoms with E-state index in [0.717, 1.165) is 0 Å². The van der Waals surface area contributed by atoms with Crippen LogP contribution in [0.15, 0.2) is 33.0 Å². The van der Waals surface area contributed by atoms with Crippen LogP contribution < -0.4 is 5.56 Å². The molecule has 0 spiro atoms. The molecule has 3 aromatic rings. The minimum atomic E-state index is -1.06. The Kier molecular flexibility index (Phi) is 5.00. The third kappa shape index (κ3) is 3.10. The summed E-state index contributed by atoms with van der Waals surface area (Å²) >= 11 is 1.34. The van der Waals surface area contributed by atoms with Gasteiger partial charge in [0.2, 0.25) is 0 Å². The number of nitrogens with zero attached hydrogens (tertiary/aromatic N) is 2. The largest absolute Gasteiger partial charge is 0.480 e. The van der Waals surface area contributed by atoms with Crippen LogP contribution in [0.2, 0.25) is 0 Å². The van der Waals surface area contributed by atoms with Crippen LogP contribution in [0, 0.1) is 0 Å². The molecule has 3 rings (SSSR count). The second kappa shape index (κ2) is 7.20. The Balaban J connectivity index is 2.29. The molecule has 0 bridgehead atoms. The third-order valence-electron chi connectivity index (χ3n) is 4.01. The summed E-state index contributed by atoms with van der Waals surface area (Å²) in [4.78, 5) is 30.0. The molecule has 8 heteroatoms. The van der Waals surface area contributed by atoms with Gasteiger partial charge in [-0.3, -0.25) is 9.36 Å². The SMILES string of the molecule is CCC(C(=O)O)n1c(CCOC)nc2scc(-c3ccco3)c2c1=O. The number of thiophene rings is 1. The number of aromatic nitrogens is 2. The van der Waals surface area contributed by atoms with Crippen LogP contribution in [0.4, 0.5) is 0 Å². The van der Waals surface area contributed by atoms with E-state index in [1.165, 1.54) is 22.2 Å². The van der Waals surface area contributed by atoms with Gasteiger partial charge in [-0.1, -0.05) is 6.92 Å². The average Bonchev–Trinajstić information content (AvgIpc) is 3.24. The molecule has 1 atom stereocenters. The highest BCUT2D eigenvalue weighted by molar-refractivity contribution is 7.17. The van der Waals surface area contributed by atoms with Crippen molar-refractivity contribution in [1.29, 1.82) is 0 Å². The minimum absolute atomic E-state index is 0.280. The molecule has 0 saturated heterocycles. The van der Waals surface area contributed by atoms with Crippen LogP contribution in [0.1, 0.15) is 25.2 Å². The molecule has 0 aliphatic carbocycles. The van der Waals surface area contributed by atoms with Gasteiger partial charge in [0.05, 0.1) is 18.3 Å². The first kappa shape index (κ1) is 17.4. The molecule has 7 nitrogen and oxygen atoms in total. The molecule has 132 valence electrons. The Morgan fingerprint density at radius 2 is 2.32 bits per heavy atom. The molecule has 0 saturated carbocycles. The lowest BCUT2D eigenvalue weighted by Gasteiger charge is -2.18. The molecule has 0 radical (unpaired) electrons. The standard InChI is InChI=1S/C17H18N2O5S/c1-3-11(17(21)22)19-13(6-8-23-2)18-15-14(16(19)20)10(9-25-15)12-5-4-7-24-12/h4-5,7,9,11H,3,6,8H2,1-2H3,(H,21,22). The molecule has 0 fully saturated rings. The van der Waals surface area contributed by atoms with Crippen molar-refractivity contribution in [3.05, 3.63) is 40.0 Å². The Labute approximate surface area is 147 Å². The predicted molar refractivity (Wildman–Crippen MR) is 94.1 cm³/mol. The van der Waals surface area contributed by atoms with Gasteiger partial charge >= 0.3 is 5.97 Å². The Hall–Kier alpha value is -2.45. The molecule has 0 aliphatic heterocycles. The number of aliphatic carboxylic acids is 1. The first-order chi connectivity index (χ1) is 12.1. The predicted octanol–water partition coefficient (Wildman–Crippen LogP) is 2.94. The van der Waals surface area contributed by atoms with Crippen molar-refractivity contribution in [3.63, 3.8) is 0 Å². The van der Waals surface area contributed by atoms with Gasteiger partial charge in [-0.15, -0.1) is 11.3 Å². The zero-order valence-corrected chi connectivity index (χ0v) is 14.7. The summed E-state index contributed by atoms with van der Waals surface area (Å²) in [6, 6.07) is 2.53. The van der Waals surface area contributed by atoms with Gasteiger partial charge in [0.1, 0.15) is 22.5 Å². The normalized spacial score (nSPS) is 12.6. The zero-order chi connectivity index (χ0) is 18.0. The van der Waals surface area contributed by atoms with Gasteiger partial charge in [0, 0.05) is 24.5 Å². The minimum Gasteiger partial charge on any atom is -0.480 e. The van der Waals surface area contributed by atoms with Gasteiger partial charge < -0.3 is 14.3 Å². The van der Waals surface area contributed by atoms with Gasteiger partial charge in [-0.2, -0.15) is 0 Å². The lowest BCUT2D eigenvalue weighted by molar-refractivity contribution is -0.141. The van der Waals surface area contributed by atoms with Crippen molar-refractivity contribution >= 4 is 27.5 Å². The second-order valence-electron chi connectivity index (χ2n) is 5.52. The highest BCUT2D eigenvalue weighted by Crippen LogP contribution is 2.32. The van der Waals surface area contributed by atoms with Crippen LogP contribution in [0.3, 0.4) is 0 Å². The summed E-state index contributed by atoms with van der Waals surface area (Å²) in [6.45, 7) is 2.08. The van der Waals surface area contributed by atoms with E-state index in [9.17, 15) is 14.7 Å². The van der Waals surface area contributed by atoms with Crippen LogP contribution in [0.5, 0.6) is 0 Å². The van der Waals surface area contributed by atoms with Crippen LogP contribution in [-0.4, -0.2) is 34.3 Å². The maximum absolute atomic E-state index is 13.2. The summed E-state index contributed by atoms with van der Waals surface area (Å²) in [6.07, 6.45) is 2.17. The van der Waals surface area contributed by atoms with E-state index in [1.807, 2.05) is 5.38 Å². The highest BCUT2D eigenvalue weighted by Gasteiger charge is 2.26. The molecule has 1 unspecified atom stereocenters. The molecule has 0 aromatic carbocycles. The van der Waals surface area contributed by atoms with Gasteiger partial charge in [0.25, 0.3) is 5.56 Å². The van der Waals surface area contributed by atoms with E-state index in [2.05, 4.69) is 4.98 Å². The number of carboxylic acids is 1. The van der Waals surface area contributed by atoms with Crippen LogP contribution >= 0.6 is 11.3 Å². The fraction of sp³-hybridized carbons (Fsp3) is 0.353. The van der Waals surface area contributed by atoms with Gasteiger partial charge in [-0.25, -0.2) is 9.78 Å². The third-order valence-corrected chi connectivity index (χ3v) is 4.89. The number of carbonyl (C=O) groups is 1. The van der Waals surface area contributed by atoms with Crippen molar-refractivity contribution in [2.24, 2.45) is 0 Å². The van der Waals surface area contributed by atoms with Gasteiger partial charge in [-0.05, 0) is 18.6 Å². The molecule has 1 N–H and O–H groups in total. The molecule has 3 aromatic heterocycles. The maximum atomic E-state index is 13.2. The van der Waals surface area contributed by atoms with Crippen molar-refractivity contribution < 1.29 is 19.1 Å². The number of carboxylic acid groups (broad SMARTS) is 1. The molecule has 0 amide bonds. The summed E-state index contributed by atoms with van der Waals surface area (Å²) in [5, 5.41) is 11.7. The molecular formula is C17H18N2O5S. The molecule has 0 aliphatic rings. The number of hydrogen-bond acceptors (Lipinski definition) is 6. The molecular weight excluding hydrogens is 344 g/mol. The van der Waals surface area contributed by atoms with E-state index >= 15 is 0 Å². The summed E-state index contributed by atoms with van der Waals surface area (Å²) in [7, 11) is 1.55. The van der Waals surface area contributed by atoms with Crippen LogP contribution in [0.25, 0.3) is 21.5 Å². The quantitative estimate of drug-likeness (QED) is 0.694. The van der Waals surface area contributed by atoms with E-state index in [1.54, 1.807) is 26.2 Å². The van der Waals surface area contributed by atoms with E-state index < -0.39 is 12.0 Å². The molecule has 25 heavy (non-hydrogen) atoms. The number of methoxy groups -OCH3 is 1. The number of fused-ring (bicyclic) bond motifs is 1. The summed E-state index contributed by atoms with van der Waals surface area (Å²) in [5.74, 6) is -0.0784. The maximum Gasteiger partial charge on any atom is 0.326 e. The number of ether oxygens (including phenoxy) is 1. The van der Waals surface area contributed by atoms with Crippen molar-refractivity contribution in [3.8, 4) is 11.3 Å². The lowest BCUT2D eigenvalue weighted by atomic mass is 10.1. The smallest absolute Gasteiger partial charge is 0.326 e. The average molecular weight is 362 g/mol. The second-order valence-corrected chi connectivity index (χ2v) is 6.37. The van der Waals surface area contributed by atoms with Crippen molar-refractivity contribution in [2.75, 3.05) is 13.7 Å². The van der Waals surface area contributed by atoms with Crippen molar-refractivity contribution in [1.82, 2.24) is 9.55 Å². The fourth-order valence-electron chi connectivity index (χ4n) is 2.82. The van der Waals surface area contributed by atoms with E-state index in [0.29, 0.717) is 40.4 Å². The van der Waals surface area contributed by atoms with Gasteiger partial charge in [0.15, 0.2) is 0 Å².